The predicted molar refractivity (Wildman–Crippen MR) is 58.5 cm³/mol. The molecule has 2 N–H and O–H groups in total. The fourth-order valence-corrected chi connectivity index (χ4v) is 1.54. The summed E-state index contributed by atoms with van der Waals surface area (Å²) in [6.07, 6.45) is 0. The third-order valence-electron chi connectivity index (χ3n) is 2.32. The van der Waals surface area contributed by atoms with Gasteiger partial charge in [0, 0.05) is 0 Å². The molecule has 0 aliphatic carbocycles. The molecule has 0 spiro atoms. The van der Waals surface area contributed by atoms with Crippen LogP contribution in [-0.4, -0.2) is 17.2 Å². The smallest absolute Gasteiger partial charge is 0.423 e. The summed E-state index contributed by atoms with van der Waals surface area (Å²) >= 11 is 0. The first kappa shape index (κ1) is 9.25. The lowest BCUT2D eigenvalue weighted by atomic mass is 9.79. The van der Waals surface area contributed by atoms with Gasteiger partial charge in [0.05, 0.1) is 0 Å². The maximum atomic E-state index is 8.99. The molecule has 0 bridgehead atoms. The van der Waals surface area contributed by atoms with Crippen molar-refractivity contribution in [1.82, 2.24) is 0 Å². The van der Waals surface area contributed by atoms with Gasteiger partial charge in [-0.25, -0.2) is 0 Å². The van der Waals surface area contributed by atoms with E-state index in [1.807, 2.05) is 25.1 Å². The van der Waals surface area contributed by atoms with Gasteiger partial charge in [0.15, 0.2) is 0 Å². The van der Waals surface area contributed by atoms with E-state index in [-0.39, 0.29) is 0 Å². The molecule has 0 amide bonds. The molecule has 2 aromatic rings. The Labute approximate surface area is 83.0 Å². The average molecular weight is 186 g/mol. The Morgan fingerprint density at radius 1 is 0.929 bits per heavy atom. The van der Waals surface area contributed by atoms with Gasteiger partial charge in [-0.2, -0.15) is 0 Å². The molecule has 3 heteroatoms. The Morgan fingerprint density at radius 3 is 2.29 bits per heavy atom. The zero-order valence-electron chi connectivity index (χ0n) is 7.94. The summed E-state index contributed by atoms with van der Waals surface area (Å²) in [4.78, 5) is 0. The molecule has 2 rings (SSSR count). The highest BCUT2D eigenvalue weighted by atomic mass is 16.4. The molecule has 0 fully saturated rings. The molecule has 0 unspecified atom stereocenters. The van der Waals surface area contributed by atoms with Crippen LogP contribution in [-0.2, 0) is 0 Å². The summed E-state index contributed by atoms with van der Waals surface area (Å²) in [6, 6.07) is 11.5. The molecule has 0 saturated heterocycles. The van der Waals surface area contributed by atoms with Crippen LogP contribution in [0.2, 0.25) is 0 Å². The zero-order chi connectivity index (χ0) is 10.1. The maximum absolute atomic E-state index is 8.99. The van der Waals surface area contributed by atoms with Gasteiger partial charge in [-0.15, -0.1) is 0 Å². The van der Waals surface area contributed by atoms with Crippen molar-refractivity contribution in [3.8, 4) is 0 Å². The van der Waals surface area contributed by atoms with Crippen LogP contribution in [0, 0.1) is 6.92 Å². The molecule has 14 heavy (non-hydrogen) atoms. The van der Waals surface area contributed by atoms with Crippen LogP contribution in [0.4, 0.5) is 0 Å². The fourth-order valence-electron chi connectivity index (χ4n) is 1.54. The van der Waals surface area contributed by atoms with E-state index >= 15 is 0 Å². The Hall–Kier alpha value is -1.32. The molecule has 0 aliphatic heterocycles. The summed E-state index contributed by atoms with van der Waals surface area (Å²) in [6.45, 7) is 2.04. The van der Waals surface area contributed by atoms with E-state index in [2.05, 4.69) is 6.07 Å². The molecule has 0 aliphatic rings. The molecule has 70 valence electrons. The highest BCUT2D eigenvalue weighted by molar-refractivity contribution is 6.58. The van der Waals surface area contributed by atoms with Crippen molar-refractivity contribution in [2.45, 2.75) is 6.92 Å². The van der Waals surface area contributed by atoms with E-state index in [4.69, 9.17) is 10.0 Å². The number of rotatable bonds is 1. The van der Waals surface area contributed by atoms with E-state index in [9.17, 15) is 0 Å². The van der Waals surface area contributed by atoms with Crippen molar-refractivity contribution in [3.05, 3.63) is 42.0 Å². The van der Waals surface area contributed by atoms with Crippen LogP contribution in [0.15, 0.2) is 36.4 Å². The van der Waals surface area contributed by atoms with Crippen molar-refractivity contribution < 1.29 is 10.0 Å². The molecule has 0 aromatic heterocycles. The van der Waals surface area contributed by atoms with E-state index in [0.717, 1.165) is 10.8 Å². The quantitative estimate of drug-likeness (QED) is 0.647. The SMILES string of the molecule is Cc1ccc2cc(B(O)O)ccc2c1. The van der Waals surface area contributed by atoms with Gasteiger partial charge >= 0.3 is 7.12 Å². The van der Waals surface area contributed by atoms with Crippen molar-refractivity contribution >= 4 is 23.4 Å². The van der Waals surface area contributed by atoms with Crippen LogP contribution >= 0.6 is 0 Å². The van der Waals surface area contributed by atoms with Gasteiger partial charge in [-0.3, -0.25) is 0 Å². The van der Waals surface area contributed by atoms with Gasteiger partial charge in [0.25, 0.3) is 0 Å². The Morgan fingerprint density at radius 2 is 1.57 bits per heavy atom. The van der Waals surface area contributed by atoms with Gasteiger partial charge in [0.2, 0.25) is 0 Å². The fraction of sp³-hybridized carbons (Fsp3) is 0.0909. The lowest BCUT2D eigenvalue weighted by molar-refractivity contribution is 0.426. The highest BCUT2D eigenvalue weighted by Crippen LogP contribution is 2.14. The summed E-state index contributed by atoms with van der Waals surface area (Å²) in [5, 5.41) is 20.1. The molecule has 2 nitrogen and oxygen atoms in total. The third kappa shape index (κ3) is 1.64. The summed E-state index contributed by atoms with van der Waals surface area (Å²) in [5.41, 5.74) is 1.73. The normalized spacial score (nSPS) is 10.5. The first-order valence-electron chi connectivity index (χ1n) is 4.53. The number of fused-ring (bicyclic) bond motifs is 1. The van der Waals surface area contributed by atoms with Gasteiger partial charge in [-0.1, -0.05) is 42.0 Å². The first-order valence-corrected chi connectivity index (χ1v) is 4.53. The third-order valence-corrected chi connectivity index (χ3v) is 2.32. The number of hydrogen-bond donors (Lipinski definition) is 2. The second kappa shape index (κ2) is 3.44. The van der Waals surface area contributed by atoms with E-state index in [1.165, 1.54) is 5.56 Å². The standard InChI is InChI=1S/C11H11BO2/c1-8-2-3-10-7-11(12(13)14)5-4-9(10)6-8/h2-7,13-14H,1H3. The Bertz CT molecular complexity index is 466. The second-order valence-corrected chi connectivity index (χ2v) is 3.48. The van der Waals surface area contributed by atoms with Crippen LogP contribution in [0.3, 0.4) is 0 Å². The lowest BCUT2D eigenvalue weighted by Crippen LogP contribution is -2.29. The van der Waals surface area contributed by atoms with E-state index in [0.29, 0.717) is 5.46 Å². The highest BCUT2D eigenvalue weighted by Gasteiger charge is 2.10. The molecule has 0 radical (unpaired) electrons. The van der Waals surface area contributed by atoms with Crippen LogP contribution < -0.4 is 5.46 Å². The van der Waals surface area contributed by atoms with Crippen LogP contribution in [0.5, 0.6) is 0 Å². The van der Waals surface area contributed by atoms with Crippen molar-refractivity contribution in [3.63, 3.8) is 0 Å². The van der Waals surface area contributed by atoms with Crippen molar-refractivity contribution in [2.24, 2.45) is 0 Å². The summed E-state index contributed by atoms with van der Waals surface area (Å²) in [5.74, 6) is 0. The van der Waals surface area contributed by atoms with E-state index < -0.39 is 7.12 Å². The molecular formula is C11H11BO2. The predicted octanol–water partition coefficient (Wildman–Crippen LogP) is 0.828. The number of benzene rings is 2. The lowest BCUT2D eigenvalue weighted by Gasteiger charge is -2.03. The monoisotopic (exact) mass is 186 g/mol. The van der Waals surface area contributed by atoms with Crippen molar-refractivity contribution in [2.75, 3.05) is 0 Å². The molecular weight excluding hydrogens is 175 g/mol. The largest absolute Gasteiger partial charge is 0.488 e. The summed E-state index contributed by atoms with van der Waals surface area (Å²) in [7, 11) is -1.39. The van der Waals surface area contributed by atoms with Crippen molar-refractivity contribution in [1.29, 1.82) is 0 Å². The minimum absolute atomic E-state index is 0.529. The Balaban J connectivity index is 2.62. The van der Waals surface area contributed by atoms with Gasteiger partial charge in [-0.05, 0) is 23.2 Å². The average Bonchev–Trinajstić information content (AvgIpc) is 2.16. The zero-order valence-corrected chi connectivity index (χ0v) is 7.94. The first-order chi connectivity index (χ1) is 6.66. The second-order valence-electron chi connectivity index (χ2n) is 3.48. The van der Waals surface area contributed by atoms with E-state index in [1.54, 1.807) is 12.1 Å². The molecule has 0 heterocycles. The molecule has 2 aromatic carbocycles. The summed E-state index contributed by atoms with van der Waals surface area (Å²) < 4.78 is 0. The number of aryl methyl sites for hydroxylation is 1. The molecule has 0 saturated carbocycles. The Kier molecular flexibility index (Phi) is 2.27. The van der Waals surface area contributed by atoms with Gasteiger partial charge < -0.3 is 10.0 Å². The topological polar surface area (TPSA) is 40.5 Å². The molecule has 0 atom stereocenters. The maximum Gasteiger partial charge on any atom is 0.488 e. The number of hydrogen-bond acceptors (Lipinski definition) is 2. The minimum Gasteiger partial charge on any atom is -0.423 e. The van der Waals surface area contributed by atoms with Gasteiger partial charge in [0.1, 0.15) is 0 Å². The minimum atomic E-state index is -1.39. The van der Waals surface area contributed by atoms with Crippen LogP contribution in [0.25, 0.3) is 10.8 Å². The van der Waals surface area contributed by atoms with Crippen LogP contribution in [0.1, 0.15) is 5.56 Å².